The number of aryl methyl sites for hydroxylation is 1. The Kier molecular flexibility index (Phi) is 3.57. The van der Waals surface area contributed by atoms with Crippen LogP contribution in [-0.4, -0.2) is 20.8 Å². The predicted molar refractivity (Wildman–Crippen MR) is 96.0 cm³/mol. The molecule has 4 rings (SSSR count). The molecule has 126 valence electrons. The fraction of sp³-hybridized carbons (Fsp3) is 0.200. The predicted octanol–water partition coefficient (Wildman–Crippen LogP) is 3.28. The van der Waals surface area contributed by atoms with Gasteiger partial charge >= 0.3 is 0 Å². The number of benzene rings is 2. The third kappa shape index (κ3) is 2.58. The van der Waals surface area contributed by atoms with Gasteiger partial charge in [-0.3, -0.25) is 4.79 Å². The molecule has 0 aliphatic carbocycles. The van der Waals surface area contributed by atoms with Crippen molar-refractivity contribution < 1.29 is 9.90 Å². The third-order valence-corrected chi connectivity index (χ3v) is 4.68. The SMILES string of the molecule is Cc1nn(-c2ccccc2)c(C)c1N1Cc2cc(O)ccc2CC1=O. The van der Waals surface area contributed by atoms with Crippen molar-refractivity contribution in [3.05, 3.63) is 71.0 Å². The Morgan fingerprint density at radius 3 is 2.56 bits per heavy atom. The highest BCUT2D eigenvalue weighted by atomic mass is 16.3. The molecule has 5 heteroatoms. The standard InChI is InChI=1S/C20H19N3O2/c1-13-20(14(2)23(21-13)17-6-4-3-5-7-17)22-12-16-10-18(24)9-8-15(16)11-19(22)25/h3-10,24H,11-12H2,1-2H3. The Morgan fingerprint density at radius 2 is 1.80 bits per heavy atom. The summed E-state index contributed by atoms with van der Waals surface area (Å²) in [7, 11) is 0. The van der Waals surface area contributed by atoms with E-state index in [0.29, 0.717) is 13.0 Å². The van der Waals surface area contributed by atoms with Crippen molar-refractivity contribution >= 4 is 11.6 Å². The zero-order valence-corrected chi connectivity index (χ0v) is 14.2. The number of hydrogen-bond donors (Lipinski definition) is 1. The number of amides is 1. The molecule has 2 heterocycles. The number of aromatic hydroxyl groups is 1. The molecule has 25 heavy (non-hydrogen) atoms. The topological polar surface area (TPSA) is 58.4 Å². The number of nitrogens with zero attached hydrogens (tertiary/aromatic N) is 3. The molecule has 0 unspecified atom stereocenters. The lowest BCUT2D eigenvalue weighted by Gasteiger charge is -2.29. The minimum atomic E-state index is 0.0528. The Hall–Kier alpha value is -3.08. The van der Waals surface area contributed by atoms with Crippen molar-refractivity contribution in [1.29, 1.82) is 0 Å². The molecule has 0 radical (unpaired) electrons. The molecule has 1 aromatic heterocycles. The Balaban J connectivity index is 1.78. The molecule has 0 bridgehead atoms. The Labute approximate surface area is 146 Å². The molecule has 1 aliphatic rings. The highest BCUT2D eigenvalue weighted by molar-refractivity contribution is 5.97. The van der Waals surface area contributed by atoms with Gasteiger partial charge in [0.2, 0.25) is 5.91 Å². The normalized spacial score (nSPS) is 13.8. The van der Waals surface area contributed by atoms with E-state index >= 15 is 0 Å². The van der Waals surface area contributed by atoms with Crippen LogP contribution in [0.3, 0.4) is 0 Å². The van der Waals surface area contributed by atoms with Crippen LogP contribution in [0.25, 0.3) is 5.69 Å². The average molecular weight is 333 g/mol. The van der Waals surface area contributed by atoms with Gasteiger partial charge in [-0.1, -0.05) is 24.3 Å². The molecule has 1 aliphatic heterocycles. The van der Waals surface area contributed by atoms with Crippen molar-refractivity contribution in [2.75, 3.05) is 4.90 Å². The summed E-state index contributed by atoms with van der Waals surface area (Å²) in [5.41, 5.74) is 5.52. The second kappa shape index (κ2) is 5.77. The summed E-state index contributed by atoms with van der Waals surface area (Å²) in [6.45, 7) is 4.35. The van der Waals surface area contributed by atoms with Gasteiger partial charge in [-0.25, -0.2) is 4.68 Å². The van der Waals surface area contributed by atoms with Gasteiger partial charge in [-0.2, -0.15) is 5.10 Å². The Morgan fingerprint density at radius 1 is 1.04 bits per heavy atom. The van der Waals surface area contributed by atoms with E-state index < -0.39 is 0 Å². The van der Waals surface area contributed by atoms with E-state index in [2.05, 4.69) is 5.10 Å². The number of phenolic OH excluding ortho intramolecular Hbond substituents is 1. The van der Waals surface area contributed by atoms with Crippen LogP contribution in [0.2, 0.25) is 0 Å². The van der Waals surface area contributed by atoms with Crippen molar-refractivity contribution in [2.45, 2.75) is 26.8 Å². The fourth-order valence-corrected chi connectivity index (χ4v) is 3.50. The summed E-state index contributed by atoms with van der Waals surface area (Å²) in [6, 6.07) is 15.1. The van der Waals surface area contributed by atoms with Crippen LogP contribution in [0.15, 0.2) is 48.5 Å². The van der Waals surface area contributed by atoms with Crippen LogP contribution in [0.1, 0.15) is 22.5 Å². The lowest BCUT2D eigenvalue weighted by molar-refractivity contribution is -0.118. The molecule has 1 N–H and O–H groups in total. The fourth-order valence-electron chi connectivity index (χ4n) is 3.50. The van der Waals surface area contributed by atoms with Crippen LogP contribution in [0, 0.1) is 13.8 Å². The molecular weight excluding hydrogens is 314 g/mol. The molecule has 0 saturated heterocycles. The van der Waals surface area contributed by atoms with Crippen molar-refractivity contribution in [2.24, 2.45) is 0 Å². The van der Waals surface area contributed by atoms with Crippen LogP contribution >= 0.6 is 0 Å². The van der Waals surface area contributed by atoms with Gasteiger partial charge in [0.1, 0.15) is 5.75 Å². The monoisotopic (exact) mass is 333 g/mol. The number of phenols is 1. The lowest BCUT2D eigenvalue weighted by Crippen LogP contribution is -2.36. The van der Waals surface area contributed by atoms with Gasteiger partial charge in [-0.15, -0.1) is 0 Å². The number of hydrogen-bond acceptors (Lipinski definition) is 3. The first-order valence-corrected chi connectivity index (χ1v) is 8.27. The van der Waals surface area contributed by atoms with Crippen molar-refractivity contribution in [1.82, 2.24) is 9.78 Å². The van der Waals surface area contributed by atoms with Crippen LogP contribution in [-0.2, 0) is 17.8 Å². The number of anilines is 1. The number of fused-ring (bicyclic) bond motifs is 1. The van der Waals surface area contributed by atoms with Gasteiger partial charge in [0.15, 0.2) is 0 Å². The maximum Gasteiger partial charge on any atom is 0.231 e. The summed E-state index contributed by atoms with van der Waals surface area (Å²) in [5, 5.41) is 14.4. The van der Waals surface area contributed by atoms with Gasteiger partial charge in [0.25, 0.3) is 0 Å². The van der Waals surface area contributed by atoms with E-state index in [4.69, 9.17) is 0 Å². The number of carbonyl (C=O) groups excluding carboxylic acids is 1. The van der Waals surface area contributed by atoms with Gasteiger partial charge < -0.3 is 10.0 Å². The highest BCUT2D eigenvalue weighted by Gasteiger charge is 2.29. The Bertz CT molecular complexity index is 961. The first-order chi connectivity index (χ1) is 12.0. The second-order valence-corrected chi connectivity index (χ2v) is 6.38. The maximum absolute atomic E-state index is 12.7. The van der Waals surface area contributed by atoms with Crippen LogP contribution < -0.4 is 4.90 Å². The summed E-state index contributed by atoms with van der Waals surface area (Å²) in [5.74, 6) is 0.276. The van der Waals surface area contributed by atoms with E-state index in [9.17, 15) is 9.90 Å². The molecule has 1 amide bonds. The molecule has 3 aromatic rings. The van der Waals surface area contributed by atoms with E-state index in [1.807, 2.05) is 54.9 Å². The molecule has 0 atom stereocenters. The minimum Gasteiger partial charge on any atom is -0.508 e. The van der Waals surface area contributed by atoms with Gasteiger partial charge in [0, 0.05) is 0 Å². The number of aromatic nitrogens is 2. The third-order valence-electron chi connectivity index (χ3n) is 4.68. The zero-order chi connectivity index (χ0) is 17.6. The molecule has 5 nitrogen and oxygen atoms in total. The quantitative estimate of drug-likeness (QED) is 0.783. The smallest absolute Gasteiger partial charge is 0.231 e. The van der Waals surface area contributed by atoms with E-state index in [0.717, 1.165) is 33.9 Å². The largest absolute Gasteiger partial charge is 0.508 e. The van der Waals surface area contributed by atoms with Gasteiger partial charge in [-0.05, 0) is 49.2 Å². The maximum atomic E-state index is 12.7. The van der Waals surface area contributed by atoms with Gasteiger partial charge in [0.05, 0.1) is 35.7 Å². The molecule has 0 saturated carbocycles. The number of carbonyl (C=O) groups is 1. The zero-order valence-electron chi connectivity index (χ0n) is 14.2. The van der Waals surface area contributed by atoms with Crippen LogP contribution in [0.5, 0.6) is 5.75 Å². The average Bonchev–Trinajstić information content (AvgIpc) is 2.90. The summed E-state index contributed by atoms with van der Waals surface area (Å²) >= 11 is 0. The number of para-hydroxylation sites is 1. The molecule has 0 fully saturated rings. The summed E-state index contributed by atoms with van der Waals surface area (Å²) in [6.07, 6.45) is 0.338. The molecule has 0 spiro atoms. The first kappa shape index (κ1) is 15.4. The van der Waals surface area contributed by atoms with Crippen molar-refractivity contribution in [3.8, 4) is 11.4 Å². The van der Waals surface area contributed by atoms with Crippen LogP contribution in [0.4, 0.5) is 5.69 Å². The first-order valence-electron chi connectivity index (χ1n) is 8.27. The number of rotatable bonds is 2. The molecule has 2 aromatic carbocycles. The second-order valence-electron chi connectivity index (χ2n) is 6.38. The summed E-state index contributed by atoms with van der Waals surface area (Å²) in [4.78, 5) is 14.5. The van der Waals surface area contributed by atoms with Crippen molar-refractivity contribution in [3.63, 3.8) is 0 Å². The minimum absolute atomic E-state index is 0.0528. The molecular formula is C20H19N3O2. The van der Waals surface area contributed by atoms with E-state index in [1.54, 1.807) is 17.0 Å². The van der Waals surface area contributed by atoms with E-state index in [-0.39, 0.29) is 11.7 Å². The summed E-state index contributed by atoms with van der Waals surface area (Å²) < 4.78 is 1.87. The van der Waals surface area contributed by atoms with E-state index in [1.165, 1.54) is 0 Å². The lowest BCUT2D eigenvalue weighted by atomic mass is 9.98. The highest BCUT2D eigenvalue weighted by Crippen LogP contribution is 2.32.